The summed E-state index contributed by atoms with van der Waals surface area (Å²) in [6.07, 6.45) is 3.86. The van der Waals surface area contributed by atoms with Crippen LogP contribution < -0.4 is 0 Å². The Hall–Kier alpha value is -2.66. The molecule has 2 aliphatic rings. The molecule has 0 N–H and O–H groups in total. The Morgan fingerprint density at radius 2 is 1.71 bits per heavy atom. The molecule has 0 bridgehead atoms. The van der Waals surface area contributed by atoms with Gasteiger partial charge in [0.1, 0.15) is 0 Å². The summed E-state index contributed by atoms with van der Waals surface area (Å²) < 4.78 is 28.9. The molecule has 1 aliphatic heterocycles. The number of benzene rings is 2. The molecule has 0 spiro atoms. The lowest BCUT2D eigenvalue weighted by molar-refractivity contribution is -0.114. The summed E-state index contributed by atoms with van der Waals surface area (Å²) >= 11 is 0. The van der Waals surface area contributed by atoms with Gasteiger partial charge in [-0.05, 0) is 56.0 Å². The smallest absolute Gasteiger partial charge is 0.264 e. The summed E-state index contributed by atoms with van der Waals surface area (Å²) in [5, 5.41) is 0. The van der Waals surface area contributed by atoms with Gasteiger partial charge in [-0.25, -0.2) is 8.42 Å². The van der Waals surface area contributed by atoms with E-state index in [2.05, 4.69) is 6.58 Å². The number of hydrogen-bond donors (Lipinski definition) is 0. The normalized spacial score (nSPS) is 19.0. The first-order valence-electron chi connectivity index (χ1n) is 9.42. The number of carbonyl (C=O) groups is 1. The molecule has 0 radical (unpaired) electrons. The lowest BCUT2D eigenvalue weighted by Gasteiger charge is -2.39. The van der Waals surface area contributed by atoms with Crippen LogP contribution in [-0.4, -0.2) is 18.5 Å². The van der Waals surface area contributed by atoms with Gasteiger partial charge in [0.25, 0.3) is 10.0 Å². The zero-order valence-electron chi connectivity index (χ0n) is 16.1. The van der Waals surface area contributed by atoms with Crippen molar-refractivity contribution in [2.75, 3.05) is 0 Å². The predicted octanol–water partition coefficient (Wildman–Crippen LogP) is 4.64. The van der Waals surface area contributed by atoms with Crippen molar-refractivity contribution < 1.29 is 13.2 Å². The summed E-state index contributed by atoms with van der Waals surface area (Å²) in [4.78, 5) is 12.5. The Balaban J connectivity index is 1.94. The summed E-state index contributed by atoms with van der Waals surface area (Å²) in [5.74, 6) is -0.0169. The lowest BCUT2D eigenvalue weighted by atomic mass is 9.89. The molecule has 5 heteroatoms. The topological polar surface area (TPSA) is 54.5 Å². The molecule has 2 aromatic carbocycles. The molecule has 1 atom stereocenters. The number of sulfonamides is 1. The van der Waals surface area contributed by atoms with Crippen molar-refractivity contribution in [2.45, 2.75) is 37.6 Å². The first-order chi connectivity index (χ1) is 13.3. The van der Waals surface area contributed by atoms with Crippen LogP contribution in [0.4, 0.5) is 0 Å². The minimum atomic E-state index is -3.85. The second-order valence-electron chi connectivity index (χ2n) is 7.57. The van der Waals surface area contributed by atoms with E-state index in [0.29, 0.717) is 0 Å². The van der Waals surface area contributed by atoms with E-state index < -0.39 is 16.1 Å². The van der Waals surface area contributed by atoms with E-state index >= 15 is 0 Å². The van der Waals surface area contributed by atoms with Crippen LogP contribution in [0.5, 0.6) is 0 Å². The van der Waals surface area contributed by atoms with E-state index in [1.54, 1.807) is 24.3 Å². The van der Waals surface area contributed by atoms with E-state index in [1.165, 1.54) is 11.2 Å². The van der Waals surface area contributed by atoms with Crippen LogP contribution in [0.3, 0.4) is 0 Å². The number of rotatable bonds is 5. The van der Waals surface area contributed by atoms with Gasteiger partial charge < -0.3 is 0 Å². The molecule has 0 amide bonds. The van der Waals surface area contributed by atoms with Gasteiger partial charge in [0.15, 0.2) is 5.78 Å². The maximum atomic E-state index is 13.7. The maximum Gasteiger partial charge on any atom is 0.264 e. The average Bonchev–Trinajstić information content (AvgIpc) is 3.51. The molecule has 1 saturated carbocycles. The second kappa shape index (κ2) is 6.74. The van der Waals surface area contributed by atoms with Crippen LogP contribution in [0.25, 0.3) is 6.08 Å². The van der Waals surface area contributed by atoms with Crippen LogP contribution in [0.15, 0.2) is 71.3 Å². The van der Waals surface area contributed by atoms with Crippen LogP contribution in [-0.2, 0) is 14.8 Å². The van der Waals surface area contributed by atoms with Crippen molar-refractivity contribution in [1.82, 2.24) is 4.31 Å². The van der Waals surface area contributed by atoms with Crippen LogP contribution >= 0.6 is 0 Å². The Kier molecular flexibility index (Phi) is 4.50. The van der Waals surface area contributed by atoms with Crippen molar-refractivity contribution in [1.29, 1.82) is 0 Å². The van der Waals surface area contributed by atoms with Crippen molar-refractivity contribution in [3.63, 3.8) is 0 Å². The zero-order chi connectivity index (χ0) is 20.1. The monoisotopic (exact) mass is 393 g/mol. The van der Waals surface area contributed by atoms with Gasteiger partial charge in [0.2, 0.25) is 0 Å². The SMILES string of the molecule is C=C(C(C)=O)[C@@H]1c2ccccc2C=C(C2CC2)N1S(=O)(=O)c1ccc(C)cc1. The molecule has 144 valence electrons. The quantitative estimate of drug-likeness (QED) is 0.696. The van der Waals surface area contributed by atoms with Gasteiger partial charge >= 0.3 is 0 Å². The molecule has 0 unspecified atom stereocenters. The number of aryl methyl sites for hydroxylation is 1. The van der Waals surface area contributed by atoms with E-state index in [0.717, 1.165) is 35.2 Å². The molecule has 0 aromatic heterocycles. The first-order valence-corrected chi connectivity index (χ1v) is 10.9. The van der Waals surface area contributed by atoms with Gasteiger partial charge in [-0.15, -0.1) is 0 Å². The van der Waals surface area contributed by atoms with Gasteiger partial charge in [-0.1, -0.05) is 48.5 Å². The predicted molar refractivity (Wildman–Crippen MR) is 110 cm³/mol. The van der Waals surface area contributed by atoms with E-state index in [9.17, 15) is 13.2 Å². The number of hydrogen-bond acceptors (Lipinski definition) is 3. The fourth-order valence-electron chi connectivity index (χ4n) is 3.69. The van der Waals surface area contributed by atoms with Crippen LogP contribution in [0.2, 0.25) is 0 Å². The summed E-state index contributed by atoms with van der Waals surface area (Å²) in [5.41, 5.74) is 3.78. The van der Waals surface area contributed by atoms with E-state index in [1.807, 2.05) is 37.3 Å². The van der Waals surface area contributed by atoms with Crippen molar-refractivity contribution in [3.8, 4) is 0 Å². The fourth-order valence-corrected chi connectivity index (χ4v) is 5.39. The van der Waals surface area contributed by atoms with Crippen molar-refractivity contribution in [2.24, 2.45) is 5.92 Å². The van der Waals surface area contributed by atoms with E-state index in [-0.39, 0.29) is 22.2 Å². The maximum absolute atomic E-state index is 13.7. The zero-order valence-corrected chi connectivity index (χ0v) is 16.9. The third-order valence-electron chi connectivity index (χ3n) is 5.44. The number of ketones is 1. The fraction of sp³-hybridized carbons (Fsp3) is 0.261. The highest BCUT2D eigenvalue weighted by Gasteiger charge is 2.44. The number of Topliss-reactive ketones (excluding diaryl/α,β-unsaturated/α-hetero) is 1. The lowest BCUT2D eigenvalue weighted by Crippen LogP contribution is -2.39. The Bertz CT molecular complexity index is 1090. The highest BCUT2D eigenvalue weighted by Crippen LogP contribution is 2.49. The summed E-state index contributed by atoms with van der Waals surface area (Å²) in [6.45, 7) is 7.34. The molecule has 0 saturated heterocycles. The van der Waals surface area contributed by atoms with Gasteiger partial charge in [0, 0.05) is 17.2 Å². The first kappa shape index (κ1) is 18.7. The number of fused-ring (bicyclic) bond motifs is 1. The molecule has 2 aromatic rings. The molecule has 1 aliphatic carbocycles. The van der Waals surface area contributed by atoms with Crippen LogP contribution in [0.1, 0.15) is 42.5 Å². The van der Waals surface area contributed by atoms with Gasteiger partial charge in [0.05, 0.1) is 10.9 Å². The third-order valence-corrected chi connectivity index (χ3v) is 7.25. The molecule has 1 fully saturated rings. The number of carbonyl (C=O) groups excluding carboxylic acids is 1. The standard InChI is InChI=1S/C23H23NO3S/c1-15-8-12-20(13-9-15)28(26,27)24-22(18-10-11-18)14-19-6-4-5-7-21(19)23(24)16(2)17(3)25/h4-9,12-14,18,23H,2,10-11H2,1,3H3/t23-/m1/s1. The van der Waals surface area contributed by atoms with Crippen molar-refractivity contribution >= 4 is 21.9 Å². The Morgan fingerprint density at radius 3 is 2.32 bits per heavy atom. The largest absolute Gasteiger partial charge is 0.295 e. The van der Waals surface area contributed by atoms with Gasteiger partial charge in [-0.2, -0.15) is 0 Å². The molecule has 28 heavy (non-hydrogen) atoms. The molecule has 1 heterocycles. The third kappa shape index (κ3) is 3.10. The number of allylic oxidation sites excluding steroid dienone is 1. The highest BCUT2D eigenvalue weighted by atomic mass is 32.2. The molecule has 4 nitrogen and oxygen atoms in total. The highest BCUT2D eigenvalue weighted by molar-refractivity contribution is 7.89. The second-order valence-corrected chi connectivity index (χ2v) is 9.39. The Morgan fingerprint density at radius 1 is 1.07 bits per heavy atom. The minimum Gasteiger partial charge on any atom is -0.295 e. The number of nitrogens with zero attached hydrogens (tertiary/aromatic N) is 1. The van der Waals surface area contributed by atoms with Crippen molar-refractivity contribution in [3.05, 3.63) is 83.1 Å². The average molecular weight is 394 g/mol. The Labute approximate surface area is 166 Å². The molecular formula is C23H23NO3S. The summed E-state index contributed by atoms with van der Waals surface area (Å²) in [6, 6.07) is 13.8. The van der Waals surface area contributed by atoms with E-state index in [4.69, 9.17) is 0 Å². The summed E-state index contributed by atoms with van der Waals surface area (Å²) in [7, 11) is -3.85. The minimum absolute atomic E-state index is 0.191. The van der Waals surface area contributed by atoms with Gasteiger partial charge in [-0.3, -0.25) is 9.10 Å². The van der Waals surface area contributed by atoms with Crippen LogP contribution in [0, 0.1) is 12.8 Å². The molecule has 4 rings (SSSR count). The molecular weight excluding hydrogens is 370 g/mol.